The van der Waals surface area contributed by atoms with Gasteiger partial charge in [0.05, 0.1) is 10.2 Å². The molecule has 96 valence electrons. The van der Waals surface area contributed by atoms with E-state index in [1.54, 1.807) is 11.3 Å². The van der Waals surface area contributed by atoms with Crippen LogP contribution in [-0.2, 0) is 0 Å². The first-order chi connectivity index (χ1) is 8.86. The summed E-state index contributed by atoms with van der Waals surface area (Å²) in [6, 6.07) is 4.89. The maximum absolute atomic E-state index is 4.56. The zero-order chi connectivity index (χ0) is 12.4. The smallest absolute Gasteiger partial charge is 0.0809 e. The van der Waals surface area contributed by atoms with Gasteiger partial charge in [-0.25, -0.2) is 0 Å². The van der Waals surface area contributed by atoms with Crippen molar-refractivity contribution < 1.29 is 0 Å². The summed E-state index contributed by atoms with van der Waals surface area (Å²) in [5.74, 6) is 1.00. The molecule has 3 rings (SSSR count). The first kappa shape index (κ1) is 12.1. The molecule has 2 nitrogen and oxygen atoms in total. The van der Waals surface area contributed by atoms with Crippen molar-refractivity contribution in [3.05, 3.63) is 29.3 Å². The van der Waals surface area contributed by atoms with Crippen LogP contribution in [0.1, 0.15) is 44.2 Å². The molecule has 0 spiro atoms. The number of hydrogen-bond donors (Lipinski definition) is 1. The highest BCUT2D eigenvalue weighted by Crippen LogP contribution is 2.36. The van der Waals surface area contributed by atoms with Crippen molar-refractivity contribution in [2.24, 2.45) is 5.92 Å². The van der Waals surface area contributed by atoms with Crippen molar-refractivity contribution in [1.82, 2.24) is 10.3 Å². The maximum Gasteiger partial charge on any atom is 0.0809 e. The monoisotopic (exact) mass is 260 g/mol. The van der Waals surface area contributed by atoms with Gasteiger partial charge in [0.15, 0.2) is 0 Å². The van der Waals surface area contributed by atoms with Crippen molar-refractivity contribution in [2.45, 2.75) is 38.6 Å². The molecular formula is C15H20N2S. The lowest BCUT2D eigenvalue weighted by molar-refractivity contribution is 0.481. The van der Waals surface area contributed by atoms with Crippen LogP contribution in [0.2, 0.25) is 0 Å². The number of aromatic nitrogens is 1. The minimum Gasteiger partial charge on any atom is -0.310 e. The molecule has 2 aromatic rings. The van der Waals surface area contributed by atoms with E-state index in [0.717, 1.165) is 18.0 Å². The van der Waals surface area contributed by atoms with Gasteiger partial charge in [0.25, 0.3) is 0 Å². The van der Waals surface area contributed by atoms with E-state index in [2.05, 4.69) is 40.9 Å². The molecule has 1 fully saturated rings. The number of thiophene rings is 1. The lowest BCUT2D eigenvalue weighted by atomic mass is 10.0. The van der Waals surface area contributed by atoms with Gasteiger partial charge in [-0.2, -0.15) is 0 Å². The standard InChI is InChI=1S/C15H20N2S/c1-2-16-13(6-5-11-3-4-11)12-9-15-14(17-10-12)7-8-18-15/h7-11,13,16H,2-6H2,1H3. The van der Waals surface area contributed by atoms with E-state index in [0.29, 0.717) is 6.04 Å². The minimum absolute atomic E-state index is 0.481. The van der Waals surface area contributed by atoms with E-state index in [1.807, 2.05) is 0 Å². The van der Waals surface area contributed by atoms with Crippen LogP contribution in [0.15, 0.2) is 23.7 Å². The van der Waals surface area contributed by atoms with Crippen molar-refractivity contribution in [1.29, 1.82) is 0 Å². The Morgan fingerprint density at radius 2 is 2.39 bits per heavy atom. The molecule has 1 saturated carbocycles. The molecule has 0 amide bonds. The van der Waals surface area contributed by atoms with E-state index < -0.39 is 0 Å². The third-order valence-corrected chi connectivity index (χ3v) is 4.59. The Bertz CT molecular complexity index is 516. The quantitative estimate of drug-likeness (QED) is 0.844. The summed E-state index contributed by atoms with van der Waals surface area (Å²) in [7, 11) is 0. The van der Waals surface area contributed by atoms with Gasteiger partial charge in [-0.1, -0.05) is 19.8 Å². The number of pyridine rings is 1. The molecule has 0 saturated heterocycles. The lowest BCUT2D eigenvalue weighted by Gasteiger charge is -2.18. The van der Waals surface area contributed by atoms with Crippen LogP contribution < -0.4 is 5.32 Å². The highest BCUT2D eigenvalue weighted by Gasteiger charge is 2.23. The Balaban J connectivity index is 1.77. The lowest BCUT2D eigenvalue weighted by Crippen LogP contribution is -2.21. The van der Waals surface area contributed by atoms with Gasteiger partial charge in [0, 0.05) is 12.2 Å². The van der Waals surface area contributed by atoms with E-state index in [-0.39, 0.29) is 0 Å². The van der Waals surface area contributed by atoms with Crippen molar-refractivity contribution >= 4 is 21.6 Å². The average molecular weight is 260 g/mol. The predicted octanol–water partition coefficient (Wildman–Crippen LogP) is 4.14. The van der Waals surface area contributed by atoms with Gasteiger partial charge in [-0.3, -0.25) is 4.98 Å². The van der Waals surface area contributed by atoms with E-state index in [1.165, 1.54) is 35.9 Å². The van der Waals surface area contributed by atoms with E-state index in [9.17, 15) is 0 Å². The van der Waals surface area contributed by atoms with E-state index in [4.69, 9.17) is 0 Å². The van der Waals surface area contributed by atoms with Gasteiger partial charge >= 0.3 is 0 Å². The third-order valence-electron chi connectivity index (χ3n) is 3.74. The van der Waals surface area contributed by atoms with Crippen molar-refractivity contribution in [2.75, 3.05) is 6.54 Å². The molecule has 1 aliphatic carbocycles. The second kappa shape index (κ2) is 5.37. The number of nitrogens with zero attached hydrogens (tertiary/aromatic N) is 1. The van der Waals surface area contributed by atoms with Gasteiger partial charge < -0.3 is 5.32 Å². The fourth-order valence-corrected chi connectivity index (χ4v) is 3.28. The fraction of sp³-hybridized carbons (Fsp3) is 0.533. The summed E-state index contributed by atoms with van der Waals surface area (Å²) in [4.78, 5) is 4.56. The van der Waals surface area contributed by atoms with Crippen LogP contribution >= 0.6 is 11.3 Å². The second-order valence-corrected chi connectivity index (χ2v) is 6.15. The zero-order valence-electron chi connectivity index (χ0n) is 10.9. The Morgan fingerprint density at radius 1 is 1.50 bits per heavy atom. The molecule has 1 aliphatic rings. The topological polar surface area (TPSA) is 24.9 Å². The molecule has 1 N–H and O–H groups in total. The Hall–Kier alpha value is -0.930. The fourth-order valence-electron chi connectivity index (χ4n) is 2.49. The molecule has 1 unspecified atom stereocenters. The number of hydrogen-bond acceptors (Lipinski definition) is 3. The number of nitrogens with one attached hydrogen (secondary N) is 1. The molecule has 0 aliphatic heterocycles. The summed E-state index contributed by atoms with van der Waals surface area (Å²) in [6.07, 6.45) is 7.55. The molecule has 0 aromatic carbocycles. The summed E-state index contributed by atoms with van der Waals surface area (Å²) in [6.45, 7) is 3.21. The van der Waals surface area contributed by atoms with Crippen molar-refractivity contribution in [3.8, 4) is 0 Å². The van der Waals surface area contributed by atoms with Gasteiger partial charge in [0.2, 0.25) is 0 Å². The summed E-state index contributed by atoms with van der Waals surface area (Å²) >= 11 is 1.78. The third kappa shape index (κ3) is 2.73. The second-order valence-electron chi connectivity index (χ2n) is 5.20. The van der Waals surface area contributed by atoms with Crippen molar-refractivity contribution in [3.63, 3.8) is 0 Å². The summed E-state index contributed by atoms with van der Waals surface area (Å²) in [5.41, 5.74) is 2.48. The van der Waals surface area contributed by atoms with Crippen LogP contribution in [0.5, 0.6) is 0 Å². The van der Waals surface area contributed by atoms with Crippen LogP contribution in [0.25, 0.3) is 10.2 Å². The van der Waals surface area contributed by atoms with Gasteiger partial charge in [0.1, 0.15) is 0 Å². The van der Waals surface area contributed by atoms with Gasteiger partial charge in [-0.05, 0) is 48.4 Å². The minimum atomic E-state index is 0.481. The zero-order valence-corrected chi connectivity index (χ0v) is 11.7. The Labute approximate surface area is 112 Å². The Kier molecular flexibility index (Phi) is 3.62. The number of fused-ring (bicyclic) bond motifs is 1. The highest BCUT2D eigenvalue weighted by atomic mass is 32.1. The highest BCUT2D eigenvalue weighted by molar-refractivity contribution is 7.17. The Morgan fingerprint density at radius 3 is 3.17 bits per heavy atom. The molecule has 3 heteroatoms. The van der Waals surface area contributed by atoms with Crippen LogP contribution in [0.4, 0.5) is 0 Å². The van der Waals surface area contributed by atoms with Crippen LogP contribution in [0, 0.1) is 5.92 Å². The normalized spacial score (nSPS) is 17.2. The molecule has 2 heterocycles. The molecule has 1 atom stereocenters. The predicted molar refractivity (Wildman–Crippen MR) is 78.0 cm³/mol. The largest absolute Gasteiger partial charge is 0.310 e. The summed E-state index contributed by atoms with van der Waals surface area (Å²) in [5, 5.41) is 5.72. The van der Waals surface area contributed by atoms with Crippen LogP contribution in [0.3, 0.4) is 0 Å². The molecule has 2 aromatic heterocycles. The average Bonchev–Trinajstić information content (AvgIpc) is 3.10. The van der Waals surface area contributed by atoms with Gasteiger partial charge in [-0.15, -0.1) is 11.3 Å². The number of rotatable bonds is 6. The summed E-state index contributed by atoms with van der Waals surface area (Å²) < 4.78 is 1.31. The molecule has 0 bridgehead atoms. The first-order valence-corrected chi connectivity index (χ1v) is 7.81. The van der Waals surface area contributed by atoms with E-state index >= 15 is 0 Å². The molecule has 0 radical (unpaired) electrons. The SMILES string of the molecule is CCNC(CCC1CC1)c1cnc2ccsc2c1. The molecule has 18 heavy (non-hydrogen) atoms. The first-order valence-electron chi connectivity index (χ1n) is 6.93. The van der Waals surface area contributed by atoms with Crippen LogP contribution in [-0.4, -0.2) is 11.5 Å². The molecular weight excluding hydrogens is 240 g/mol. The maximum atomic E-state index is 4.56.